The summed E-state index contributed by atoms with van der Waals surface area (Å²) in [6, 6.07) is 10.2. The lowest BCUT2D eigenvalue weighted by Gasteiger charge is -2.10. The van der Waals surface area contributed by atoms with Gasteiger partial charge in [0.05, 0.1) is 23.3 Å². The number of nitrogens with one attached hydrogen (secondary N) is 1. The Morgan fingerprint density at radius 3 is 3.00 bits per heavy atom. The fourth-order valence-corrected chi connectivity index (χ4v) is 3.66. The fourth-order valence-electron chi connectivity index (χ4n) is 2.16. The summed E-state index contributed by atoms with van der Waals surface area (Å²) in [5.41, 5.74) is 0.754. The molecule has 3 rings (SSSR count). The fraction of sp³-hybridized carbons (Fsp3) is 0.312. The maximum Gasteiger partial charge on any atom is 0.234 e. The van der Waals surface area contributed by atoms with Crippen LogP contribution in [0.5, 0.6) is 0 Å². The van der Waals surface area contributed by atoms with Gasteiger partial charge in [-0.25, -0.2) is 4.98 Å². The van der Waals surface area contributed by atoms with Crippen LogP contribution in [0.25, 0.3) is 0 Å². The molecule has 7 heteroatoms. The van der Waals surface area contributed by atoms with Crippen LogP contribution in [0.3, 0.4) is 0 Å². The summed E-state index contributed by atoms with van der Waals surface area (Å²) in [5.74, 6) is 0.617. The minimum Gasteiger partial charge on any atom is -0.324 e. The van der Waals surface area contributed by atoms with E-state index in [0.717, 1.165) is 15.7 Å². The second-order valence-corrected chi connectivity index (χ2v) is 7.09. The predicted molar refractivity (Wildman–Crippen MR) is 92.6 cm³/mol. The number of nitriles is 1. The Hall–Kier alpha value is -1.91. The van der Waals surface area contributed by atoms with Gasteiger partial charge >= 0.3 is 0 Å². The van der Waals surface area contributed by atoms with Gasteiger partial charge in [0.25, 0.3) is 0 Å². The van der Waals surface area contributed by atoms with Crippen LogP contribution in [0.2, 0.25) is 0 Å². The first kappa shape index (κ1) is 16.0. The van der Waals surface area contributed by atoms with E-state index in [0.29, 0.717) is 17.5 Å². The first-order valence-corrected chi connectivity index (χ1v) is 9.29. The van der Waals surface area contributed by atoms with Crippen molar-refractivity contribution in [2.24, 2.45) is 0 Å². The number of carbonyl (C=O) groups excluding carboxylic acids is 1. The van der Waals surface area contributed by atoms with E-state index >= 15 is 0 Å². The van der Waals surface area contributed by atoms with E-state index in [2.05, 4.69) is 20.9 Å². The van der Waals surface area contributed by atoms with Crippen LogP contribution in [-0.2, 0) is 4.79 Å². The van der Waals surface area contributed by atoms with Gasteiger partial charge in [-0.15, -0.1) is 11.8 Å². The molecule has 0 atom stereocenters. The van der Waals surface area contributed by atoms with Crippen LogP contribution in [0, 0.1) is 11.3 Å². The zero-order valence-corrected chi connectivity index (χ0v) is 14.1. The Morgan fingerprint density at radius 2 is 2.22 bits per heavy atom. The zero-order valence-electron chi connectivity index (χ0n) is 12.4. The summed E-state index contributed by atoms with van der Waals surface area (Å²) in [4.78, 5) is 17.4. The van der Waals surface area contributed by atoms with Gasteiger partial charge in [-0.1, -0.05) is 23.9 Å². The molecular weight excluding hydrogens is 328 g/mol. The number of anilines is 1. The maximum atomic E-state index is 12.2. The van der Waals surface area contributed by atoms with Crippen LogP contribution in [0.4, 0.5) is 5.69 Å². The second kappa shape index (κ2) is 7.57. The van der Waals surface area contributed by atoms with Crippen LogP contribution in [-0.4, -0.2) is 27.0 Å². The van der Waals surface area contributed by atoms with Gasteiger partial charge < -0.3 is 9.88 Å². The highest BCUT2D eigenvalue weighted by Gasteiger charge is 2.25. The van der Waals surface area contributed by atoms with Crippen molar-refractivity contribution < 1.29 is 4.79 Å². The molecule has 1 saturated carbocycles. The molecule has 1 aliphatic rings. The van der Waals surface area contributed by atoms with Crippen molar-refractivity contribution >= 4 is 35.1 Å². The molecule has 0 spiro atoms. The molecule has 1 N–H and O–H groups in total. The Balaban J connectivity index is 1.57. The summed E-state index contributed by atoms with van der Waals surface area (Å²) >= 11 is 2.87. The molecule has 0 radical (unpaired) electrons. The first-order valence-electron chi connectivity index (χ1n) is 7.32. The number of hydrogen-bond donors (Lipinski definition) is 1. The molecule has 1 aromatic heterocycles. The molecule has 0 unspecified atom stereocenters. The van der Waals surface area contributed by atoms with Gasteiger partial charge in [0, 0.05) is 23.3 Å². The molecule has 1 amide bonds. The quantitative estimate of drug-likeness (QED) is 0.778. The summed E-state index contributed by atoms with van der Waals surface area (Å²) < 4.78 is 2.15. The Bertz CT molecular complexity index is 734. The molecule has 0 saturated heterocycles. The van der Waals surface area contributed by atoms with E-state index in [4.69, 9.17) is 5.26 Å². The summed E-state index contributed by atoms with van der Waals surface area (Å²) in [7, 11) is 0. The number of aromatic nitrogens is 2. The third-order valence-electron chi connectivity index (χ3n) is 3.36. The van der Waals surface area contributed by atoms with E-state index in [9.17, 15) is 4.79 Å². The Morgan fingerprint density at radius 1 is 1.39 bits per heavy atom. The maximum absolute atomic E-state index is 12.2. The van der Waals surface area contributed by atoms with Crippen molar-refractivity contribution in [3.63, 3.8) is 0 Å². The summed E-state index contributed by atoms with van der Waals surface area (Å²) in [6.45, 7) is 0. The number of hydrogen-bond acceptors (Lipinski definition) is 5. The lowest BCUT2D eigenvalue weighted by atomic mass is 10.3. The zero-order chi connectivity index (χ0) is 16.1. The van der Waals surface area contributed by atoms with Gasteiger partial charge in [-0.3, -0.25) is 4.79 Å². The molecule has 0 aliphatic heterocycles. The molecule has 23 heavy (non-hydrogen) atoms. The van der Waals surface area contributed by atoms with Crippen LogP contribution < -0.4 is 5.32 Å². The van der Waals surface area contributed by atoms with E-state index in [1.807, 2.05) is 30.5 Å². The van der Waals surface area contributed by atoms with Crippen LogP contribution in [0.1, 0.15) is 18.9 Å². The summed E-state index contributed by atoms with van der Waals surface area (Å²) in [5, 5.41) is 12.5. The monoisotopic (exact) mass is 344 g/mol. The lowest BCUT2D eigenvalue weighted by molar-refractivity contribution is -0.113. The Kier molecular flexibility index (Phi) is 5.26. The third-order valence-corrected chi connectivity index (χ3v) is 5.28. The average molecular weight is 344 g/mol. The average Bonchev–Trinajstić information content (AvgIpc) is 3.30. The number of benzene rings is 1. The number of thioether (sulfide) groups is 2. The molecule has 1 heterocycles. The minimum atomic E-state index is -0.0645. The van der Waals surface area contributed by atoms with Crippen LogP contribution in [0.15, 0.2) is 46.7 Å². The van der Waals surface area contributed by atoms with Gasteiger partial charge in [0.1, 0.15) is 0 Å². The Labute approximate surface area is 143 Å². The smallest absolute Gasteiger partial charge is 0.234 e. The van der Waals surface area contributed by atoms with Crippen molar-refractivity contribution in [2.75, 3.05) is 16.8 Å². The molecule has 2 aromatic rings. The number of rotatable bonds is 7. The van der Waals surface area contributed by atoms with Crippen LogP contribution >= 0.6 is 23.5 Å². The van der Waals surface area contributed by atoms with Gasteiger partial charge in [0.15, 0.2) is 5.16 Å². The van der Waals surface area contributed by atoms with Gasteiger partial charge in [-0.2, -0.15) is 5.26 Å². The molecule has 118 valence electrons. The molecule has 5 nitrogen and oxygen atoms in total. The minimum absolute atomic E-state index is 0.0645. The first-order chi connectivity index (χ1) is 11.3. The van der Waals surface area contributed by atoms with E-state index in [1.54, 1.807) is 6.20 Å². The number of imidazole rings is 1. The topological polar surface area (TPSA) is 70.7 Å². The highest BCUT2D eigenvalue weighted by Crippen LogP contribution is 2.37. The van der Waals surface area contributed by atoms with Crippen molar-refractivity contribution in [1.82, 2.24) is 9.55 Å². The van der Waals surface area contributed by atoms with E-state index in [-0.39, 0.29) is 5.91 Å². The van der Waals surface area contributed by atoms with Crippen molar-refractivity contribution in [2.45, 2.75) is 28.9 Å². The van der Waals surface area contributed by atoms with Gasteiger partial charge in [-0.05, 0) is 25.0 Å². The molecule has 1 fully saturated rings. The molecule has 1 aromatic carbocycles. The highest BCUT2D eigenvalue weighted by molar-refractivity contribution is 8.00. The molecule has 0 bridgehead atoms. The standard InChI is InChI=1S/C16H16N4OS2/c17-7-10-22-14-4-2-1-3-13(14)19-15(21)11-23-16-18-8-9-20(16)12-5-6-12/h1-4,8-9,12H,5-6,10-11H2,(H,19,21). The predicted octanol–water partition coefficient (Wildman–Crippen LogP) is 3.56. The largest absolute Gasteiger partial charge is 0.324 e. The number of amides is 1. The van der Waals surface area contributed by atoms with Crippen molar-refractivity contribution in [3.8, 4) is 6.07 Å². The number of carbonyl (C=O) groups is 1. The second-order valence-electron chi connectivity index (χ2n) is 5.13. The number of para-hydroxylation sites is 1. The molecular formula is C16H16N4OS2. The van der Waals surface area contributed by atoms with Gasteiger partial charge in [0.2, 0.25) is 5.91 Å². The van der Waals surface area contributed by atoms with E-state index in [1.165, 1.54) is 36.4 Å². The number of nitrogens with zero attached hydrogens (tertiary/aromatic N) is 3. The van der Waals surface area contributed by atoms with E-state index < -0.39 is 0 Å². The SMILES string of the molecule is N#CCSc1ccccc1NC(=O)CSc1nccn1C1CC1. The molecule has 1 aliphatic carbocycles. The normalized spacial score (nSPS) is 13.5. The van der Waals surface area contributed by atoms with Crippen molar-refractivity contribution in [1.29, 1.82) is 5.26 Å². The highest BCUT2D eigenvalue weighted by atomic mass is 32.2. The lowest BCUT2D eigenvalue weighted by Crippen LogP contribution is -2.15. The summed E-state index contributed by atoms with van der Waals surface area (Å²) in [6.07, 6.45) is 6.15. The van der Waals surface area contributed by atoms with Crippen molar-refractivity contribution in [3.05, 3.63) is 36.7 Å². The third kappa shape index (κ3) is 4.30.